The third kappa shape index (κ3) is 6.05. The van der Waals surface area contributed by atoms with Crippen LogP contribution in [0, 0.1) is 5.92 Å². The molecule has 1 aliphatic rings. The van der Waals surface area contributed by atoms with Crippen molar-refractivity contribution in [1.82, 2.24) is 5.32 Å². The van der Waals surface area contributed by atoms with Crippen LogP contribution in [0.4, 0.5) is 0 Å². The highest BCUT2D eigenvalue weighted by Crippen LogP contribution is 2.27. The predicted molar refractivity (Wildman–Crippen MR) is 89.9 cm³/mol. The molecular weight excluding hydrogens is 290 g/mol. The summed E-state index contributed by atoms with van der Waals surface area (Å²) in [6.45, 7) is 0. The van der Waals surface area contributed by atoms with E-state index in [1.807, 2.05) is 18.2 Å². The molecule has 1 atom stereocenters. The van der Waals surface area contributed by atoms with Gasteiger partial charge in [0, 0.05) is 6.42 Å². The summed E-state index contributed by atoms with van der Waals surface area (Å²) >= 11 is 0. The van der Waals surface area contributed by atoms with E-state index in [4.69, 9.17) is 4.74 Å². The van der Waals surface area contributed by atoms with Crippen LogP contribution in [0.5, 0.6) is 0 Å². The summed E-state index contributed by atoms with van der Waals surface area (Å²) in [5, 5.41) is 2.87. The minimum Gasteiger partial charge on any atom is -0.467 e. The summed E-state index contributed by atoms with van der Waals surface area (Å²) in [6, 6.07) is 9.63. The highest BCUT2D eigenvalue weighted by atomic mass is 16.5. The molecule has 0 heterocycles. The van der Waals surface area contributed by atoms with E-state index in [2.05, 4.69) is 17.4 Å². The van der Waals surface area contributed by atoms with Crippen molar-refractivity contribution < 1.29 is 14.3 Å². The zero-order valence-corrected chi connectivity index (χ0v) is 13.9. The smallest absolute Gasteiger partial charge is 0.328 e. The first-order valence-corrected chi connectivity index (χ1v) is 8.60. The Hall–Kier alpha value is -1.84. The van der Waals surface area contributed by atoms with Gasteiger partial charge in [0.2, 0.25) is 5.91 Å². The molecule has 23 heavy (non-hydrogen) atoms. The topological polar surface area (TPSA) is 55.4 Å². The Bertz CT molecular complexity index is 495. The molecule has 1 aromatic rings. The number of aryl methyl sites for hydroxylation is 1. The molecule has 0 aromatic heterocycles. The molecule has 0 radical (unpaired) electrons. The Morgan fingerprint density at radius 3 is 2.57 bits per heavy atom. The van der Waals surface area contributed by atoms with Crippen LogP contribution in [0.25, 0.3) is 0 Å². The van der Waals surface area contributed by atoms with Crippen LogP contribution in [-0.4, -0.2) is 25.0 Å². The second-order valence-electron chi connectivity index (χ2n) is 6.38. The second kappa shape index (κ2) is 9.33. The van der Waals surface area contributed by atoms with Crippen LogP contribution in [0.15, 0.2) is 30.3 Å². The highest BCUT2D eigenvalue weighted by Gasteiger charge is 2.24. The van der Waals surface area contributed by atoms with E-state index < -0.39 is 6.04 Å². The Morgan fingerprint density at radius 2 is 1.91 bits per heavy atom. The number of hydrogen-bond acceptors (Lipinski definition) is 3. The van der Waals surface area contributed by atoms with Crippen molar-refractivity contribution in [1.29, 1.82) is 0 Å². The van der Waals surface area contributed by atoms with Crippen molar-refractivity contribution in [2.45, 2.75) is 57.4 Å². The van der Waals surface area contributed by atoms with E-state index >= 15 is 0 Å². The van der Waals surface area contributed by atoms with Crippen molar-refractivity contribution in [2.24, 2.45) is 5.92 Å². The number of rotatable bonds is 8. The number of methoxy groups -OCH3 is 1. The fraction of sp³-hybridized carbons (Fsp3) is 0.579. The van der Waals surface area contributed by atoms with Crippen molar-refractivity contribution >= 4 is 11.9 Å². The van der Waals surface area contributed by atoms with Gasteiger partial charge in [-0.05, 0) is 43.6 Å². The molecule has 2 rings (SSSR count). The number of hydrogen-bond donors (Lipinski definition) is 1. The normalized spacial score (nSPS) is 16.0. The second-order valence-corrected chi connectivity index (χ2v) is 6.38. The zero-order chi connectivity index (χ0) is 16.5. The first kappa shape index (κ1) is 17.5. The first-order valence-electron chi connectivity index (χ1n) is 8.60. The quantitative estimate of drug-likeness (QED) is 0.749. The molecule has 1 aliphatic carbocycles. The van der Waals surface area contributed by atoms with E-state index in [0.29, 0.717) is 18.8 Å². The van der Waals surface area contributed by atoms with Crippen molar-refractivity contribution in [3.63, 3.8) is 0 Å². The predicted octanol–water partition coefficient (Wildman–Crippen LogP) is 3.25. The SMILES string of the molecule is COC(=O)[C@H](CCCc1ccccc1)NC(=O)CC1CCCC1. The number of benzene rings is 1. The van der Waals surface area contributed by atoms with Gasteiger partial charge >= 0.3 is 5.97 Å². The van der Waals surface area contributed by atoms with Gasteiger partial charge in [-0.15, -0.1) is 0 Å². The van der Waals surface area contributed by atoms with E-state index in [1.54, 1.807) is 0 Å². The lowest BCUT2D eigenvalue weighted by Gasteiger charge is -2.18. The average Bonchev–Trinajstić information content (AvgIpc) is 3.07. The lowest BCUT2D eigenvalue weighted by atomic mass is 10.0. The van der Waals surface area contributed by atoms with E-state index in [1.165, 1.54) is 25.5 Å². The maximum atomic E-state index is 12.1. The van der Waals surface area contributed by atoms with E-state index in [0.717, 1.165) is 25.7 Å². The summed E-state index contributed by atoms with van der Waals surface area (Å²) < 4.78 is 4.83. The van der Waals surface area contributed by atoms with Gasteiger partial charge in [0.05, 0.1) is 7.11 Å². The van der Waals surface area contributed by atoms with Crippen LogP contribution in [0.3, 0.4) is 0 Å². The van der Waals surface area contributed by atoms with Crippen molar-refractivity contribution in [3.05, 3.63) is 35.9 Å². The molecular formula is C19H27NO3. The number of esters is 1. The standard InChI is InChI=1S/C19H27NO3/c1-23-19(22)17(13-7-12-15-8-3-2-4-9-15)20-18(21)14-16-10-5-6-11-16/h2-4,8-9,16-17H,5-7,10-14H2,1H3,(H,20,21)/t17-/m0/s1. The molecule has 0 unspecified atom stereocenters. The number of nitrogens with one attached hydrogen (secondary N) is 1. The largest absolute Gasteiger partial charge is 0.467 e. The minimum atomic E-state index is -0.530. The van der Waals surface area contributed by atoms with Crippen molar-refractivity contribution in [3.8, 4) is 0 Å². The Balaban J connectivity index is 1.79. The van der Waals surface area contributed by atoms with Gasteiger partial charge in [-0.25, -0.2) is 4.79 Å². The molecule has 126 valence electrons. The Labute approximate surface area is 138 Å². The van der Waals surface area contributed by atoms with Gasteiger partial charge in [0.1, 0.15) is 6.04 Å². The van der Waals surface area contributed by atoms with E-state index in [-0.39, 0.29) is 11.9 Å². The maximum absolute atomic E-state index is 12.1. The van der Waals surface area contributed by atoms with Crippen LogP contribution in [-0.2, 0) is 20.7 Å². The highest BCUT2D eigenvalue weighted by molar-refractivity contribution is 5.84. The lowest BCUT2D eigenvalue weighted by Crippen LogP contribution is -2.42. The molecule has 0 aliphatic heterocycles. The number of carbonyl (C=O) groups excluding carboxylic acids is 2. The third-order valence-corrected chi connectivity index (χ3v) is 4.57. The molecule has 1 N–H and O–H groups in total. The Kier molecular flexibility index (Phi) is 7.11. The zero-order valence-electron chi connectivity index (χ0n) is 13.9. The molecule has 4 nitrogen and oxygen atoms in total. The average molecular weight is 317 g/mol. The first-order chi connectivity index (χ1) is 11.2. The summed E-state index contributed by atoms with van der Waals surface area (Å²) in [4.78, 5) is 24.0. The third-order valence-electron chi connectivity index (χ3n) is 4.57. The maximum Gasteiger partial charge on any atom is 0.328 e. The van der Waals surface area contributed by atoms with Crippen LogP contribution in [0.2, 0.25) is 0 Å². The fourth-order valence-corrected chi connectivity index (χ4v) is 3.28. The molecule has 1 saturated carbocycles. The van der Waals surface area contributed by atoms with Crippen LogP contribution in [0.1, 0.15) is 50.5 Å². The number of ether oxygens (including phenoxy) is 1. The summed E-state index contributed by atoms with van der Waals surface area (Å²) in [7, 11) is 1.37. The van der Waals surface area contributed by atoms with Crippen LogP contribution >= 0.6 is 0 Å². The van der Waals surface area contributed by atoms with Gasteiger partial charge in [0.15, 0.2) is 0 Å². The molecule has 4 heteroatoms. The van der Waals surface area contributed by atoms with Gasteiger partial charge < -0.3 is 10.1 Å². The molecule has 1 fully saturated rings. The van der Waals surface area contributed by atoms with Gasteiger partial charge in [0.25, 0.3) is 0 Å². The number of carbonyl (C=O) groups is 2. The summed E-state index contributed by atoms with van der Waals surface area (Å²) in [5.74, 6) is 0.113. The fourth-order valence-electron chi connectivity index (χ4n) is 3.28. The van der Waals surface area contributed by atoms with Gasteiger partial charge in [-0.3, -0.25) is 4.79 Å². The molecule has 0 bridgehead atoms. The lowest BCUT2D eigenvalue weighted by molar-refractivity contribution is -0.145. The van der Waals surface area contributed by atoms with E-state index in [9.17, 15) is 9.59 Å². The van der Waals surface area contributed by atoms with Crippen molar-refractivity contribution in [2.75, 3.05) is 7.11 Å². The Morgan fingerprint density at radius 1 is 1.22 bits per heavy atom. The number of amides is 1. The summed E-state index contributed by atoms with van der Waals surface area (Å²) in [6.07, 6.45) is 7.57. The van der Waals surface area contributed by atoms with Crippen LogP contribution < -0.4 is 5.32 Å². The molecule has 1 aromatic carbocycles. The molecule has 0 spiro atoms. The minimum absolute atomic E-state index is 0.0213. The van der Waals surface area contributed by atoms with Gasteiger partial charge in [-0.2, -0.15) is 0 Å². The summed E-state index contributed by atoms with van der Waals surface area (Å²) in [5.41, 5.74) is 1.24. The molecule has 0 saturated heterocycles. The van der Waals surface area contributed by atoms with Gasteiger partial charge in [-0.1, -0.05) is 43.2 Å². The monoisotopic (exact) mass is 317 g/mol. The molecule has 1 amide bonds.